The van der Waals surface area contributed by atoms with E-state index < -0.39 is 34.5 Å². The standard InChI is InChI=1S/C23H26N2O8S/c1-15-12-25(13-16(2)33-15)34(29,30)18-8-6-7-17(11-18)22(27)32-14-21(26)24-20-10-5-4-9-19(20)23(28)31-3/h4-11,15-16H,12-14H2,1-3H3,(H,24,26). The van der Waals surface area contributed by atoms with Gasteiger partial charge in [-0.3, -0.25) is 4.79 Å². The molecule has 34 heavy (non-hydrogen) atoms. The maximum atomic E-state index is 13.1. The van der Waals surface area contributed by atoms with Gasteiger partial charge in [0.05, 0.1) is 41.0 Å². The van der Waals surface area contributed by atoms with Crippen LogP contribution in [0.2, 0.25) is 0 Å². The number of esters is 2. The Morgan fingerprint density at radius 1 is 1.03 bits per heavy atom. The average Bonchev–Trinajstić information content (AvgIpc) is 2.82. The topological polar surface area (TPSA) is 128 Å². The lowest BCUT2D eigenvalue weighted by molar-refractivity contribution is -0.119. The number of ether oxygens (including phenoxy) is 3. The number of sulfonamides is 1. The fourth-order valence-corrected chi connectivity index (χ4v) is 5.18. The molecule has 0 radical (unpaired) electrons. The normalized spacial score (nSPS) is 18.7. The van der Waals surface area contributed by atoms with Crippen LogP contribution in [0.15, 0.2) is 53.4 Å². The molecule has 1 aliphatic heterocycles. The summed E-state index contributed by atoms with van der Waals surface area (Å²) in [5.74, 6) is -2.17. The number of carbonyl (C=O) groups is 3. The van der Waals surface area contributed by atoms with Gasteiger partial charge in [0.1, 0.15) is 0 Å². The van der Waals surface area contributed by atoms with Crippen molar-refractivity contribution in [2.24, 2.45) is 0 Å². The Labute approximate surface area is 197 Å². The molecule has 2 aromatic rings. The van der Waals surface area contributed by atoms with Gasteiger partial charge in [-0.25, -0.2) is 18.0 Å². The van der Waals surface area contributed by atoms with Gasteiger partial charge in [0.15, 0.2) is 6.61 Å². The van der Waals surface area contributed by atoms with Crippen molar-refractivity contribution in [1.82, 2.24) is 4.31 Å². The Morgan fingerprint density at radius 2 is 1.71 bits per heavy atom. The molecule has 1 saturated heterocycles. The fourth-order valence-electron chi connectivity index (χ4n) is 3.54. The van der Waals surface area contributed by atoms with Crippen LogP contribution in [0.25, 0.3) is 0 Å². The highest BCUT2D eigenvalue weighted by Crippen LogP contribution is 2.22. The van der Waals surface area contributed by atoms with Crippen LogP contribution >= 0.6 is 0 Å². The van der Waals surface area contributed by atoms with Crippen LogP contribution in [0.3, 0.4) is 0 Å². The Morgan fingerprint density at radius 3 is 2.38 bits per heavy atom. The molecule has 1 heterocycles. The van der Waals surface area contributed by atoms with Gasteiger partial charge >= 0.3 is 11.9 Å². The molecule has 3 rings (SSSR count). The molecule has 0 aliphatic carbocycles. The summed E-state index contributed by atoms with van der Waals surface area (Å²) in [5.41, 5.74) is 0.338. The lowest BCUT2D eigenvalue weighted by Crippen LogP contribution is -2.48. The zero-order chi connectivity index (χ0) is 24.9. The van der Waals surface area contributed by atoms with Crippen LogP contribution in [-0.4, -0.2) is 69.6 Å². The summed E-state index contributed by atoms with van der Waals surface area (Å²) in [6.07, 6.45) is -0.510. The highest BCUT2D eigenvalue weighted by atomic mass is 32.2. The van der Waals surface area contributed by atoms with Gasteiger partial charge in [0.2, 0.25) is 10.0 Å². The van der Waals surface area contributed by atoms with E-state index in [1.165, 1.54) is 47.8 Å². The maximum absolute atomic E-state index is 13.1. The van der Waals surface area contributed by atoms with Gasteiger partial charge in [-0.05, 0) is 44.2 Å². The number of rotatable bonds is 7. The van der Waals surface area contributed by atoms with E-state index in [9.17, 15) is 22.8 Å². The first kappa shape index (κ1) is 25.3. The lowest BCUT2D eigenvalue weighted by atomic mass is 10.2. The van der Waals surface area contributed by atoms with Crippen LogP contribution in [0.5, 0.6) is 0 Å². The van der Waals surface area contributed by atoms with Gasteiger partial charge in [-0.15, -0.1) is 0 Å². The average molecular weight is 491 g/mol. The molecule has 0 spiro atoms. The molecule has 1 aliphatic rings. The number of nitrogens with one attached hydrogen (secondary N) is 1. The molecule has 11 heteroatoms. The van der Waals surface area contributed by atoms with E-state index in [2.05, 4.69) is 10.1 Å². The van der Waals surface area contributed by atoms with Crippen molar-refractivity contribution in [3.8, 4) is 0 Å². The van der Waals surface area contributed by atoms with E-state index in [1.54, 1.807) is 26.0 Å². The first-order valence-electron chi connectivity index (χ1n) is 10.5. The van der Waals surface area contributed by atoms with Crippen molar-refractivity contribution in [1.29, 1.82) is 0 Å². The summed E-state index contributed by atoms with van der Waals surface area (Å²) >= 11 is 0. The summed E-state index contributed by atoms with van der Waals surface area (Å²) in [6, 6.07) is 11.7. The maximum Gasteiger partial charge on any atom is 0.339 e. The predicted octanol–water partition coefficient (Wildman–Crippen LogP) is 2.07. The SMILES string of the molecule is COC(=O)c1ccccc1NC(=O)COC(=O)c1cccc(S(=O)(=O)N2CC(C)OC(C)C2)c1. The van der Waals surface area contributed by atoms with Crippen LogP contribution in [0.4, 0.5) is 5.69 Å². The van der Waals surface area contributed by atoms with Crippen molar-refractivity contribution in [2.45, 2.75) is 31.0 Å². The summed E-state index contributed by atoms with van der Waals surface area (Å²) in [5, 5.41) is 2.49. The smallest absolute Gasteiger partial charge is 0.339 e. The van der Waals surface area contributed by atoms with Crippen LogP contribution in [0.1, 0.15) is 34.6 Å². The quantitative estimate of drug-likeness (QED) is 0.584. The van der Waals surface area contributed by atoms with E-state index in [4.69, 9.17) is 9.47 Å². The molecule has 1 fully saturated rings. The Hall–Kier alpha value is -3.28. The minimum atomic E-state index is -3.85. The van der Waals surface area contributed by atoms with Crippen LogP contribution in [-0.2, 0) is 29.0 Å². The van der Waals surface area contributed by atoms with Crippen molar-refractivity contribution in [3.05, 3.63) is 59.7 Å². The molecule has 1 amide bonds. The number of anilines is 1. The van der Waals surface area contributed by atoms with Crippen LogP contribution in [0, 0.1) is 0 Å². The predicted molar refractivity (Wildman–Crippen MR) is 122 cm³/mol. The minimum absolute atomic E-state index is 0.0156. The molecule has 2 atom stereocenters. The summed E-state index contributed by atoms with van der Waals surface area (Å²) < 4.78 is 42.7. The number of carbonyl (C=O) groups excluding carboxylic acids is 3. The molecule has 1 N–H and O–H groups in total. The van der Waals surface area contributed by atoms with Crippen LogP contribution < -0.4 is 5.32 Å². The second kappa shape index (κ2) is 10.8. The number of morpholine rings is 1. The third-order valence-corrected chi connectivity index (χ3v) is 6.86. The highest BCUT2D eigenvalue weighted by Gasteiger charge is 2.32. The Kier molecular flexibility index (Phi) is 8.02. The third-order valence-electron chi connectivity index (χ3n) is 5.03. The molecule has 10 nitrogen and oxygen atoms in total. The van der Waals surface area contributed by atoms with Gasteiger partial charge in [-0.1, -0.05) is 18.2 Å². The Bertz CT molecular complexity index is 1170. The van der Waals surface area contributed by atoms with Crippen molar-refractivity contribution >= 4 is 33.6 Å². The monoisotopic (exact) mass is 490 g/mol. The van der Waals surface area contributed by atoms with E-state index in [0.29, 0.717) is 0 Å². The molecule has 0 saturated carbocycles. The van der Waals surface area contributed by atoms with Gasteiger partial charge in [0, 0.05) is 13.1 Å². The van der Waals surface area contributed by atoms with E-state index in [-0.39, 0.29) is 47.0 Å². The highest BCUT2D eigenvalue weighted by molar-refractivity contribution is 7.89. The lowest BCUT2D eigenvalue weighted by Gasteiger charge is -2.34. The second-order valence-corrected chi connectivity index (χ2v) is 9.71. The number of hydrogen-bond acceptors (Lipinski definition) is 8. The Balaban J connectivity index is 1.66. The molecule has 0 bridgehead atoms. The zero-order valence-electron chi connectivity index (χ0n) is 19.0. The van der Waals surface area contributed by atoms with E-state index >= 15 is 0 Å². The van der Waals surface area contributed by atoms with E-state index in [1.807, 2.05) is 0 Å². The number of methoxy groups -OCH3 is 1. The zero-order valence-corrected chi connectivity index (χ0v) is 19.8. The first-order chi connectivity index (χ1) is 16.1. The largest absolute Gasteiger partial charge is 0.465 e. The third kappa shape index (κ3) is 5.99. The molecule has 2 aromatic carbocycles. The number of amides is 1. The van der Waals surface area contributed by atoms with Crippen molar-refractivity contribution in [2.75, 3.05) is 32.1 Å². The number of benzene rings is 2. The van der Waals surface area contributed by atoms with E-state index in [0.717, 1.165) is 0 Å². The van der Waals surface area contributed by atoms with Gasteiger partial charge in [-0.2, -0.15) is 4.31 Å². The van der Waals surface area contributed by atoms with Crippen molar-refractivity contribution < 1.29 is 37.0 Å². The summed E-state index contributed by atoms with van der Waals surface area (Å²) in [7, 11) is -2.63. The van der Waals surface area contributed by atoms with Gasteiger partial charge in [0.25, 0.3) is 5.91 Å². The van der Waals surface area contributed by atoms with Crippen molar-refractivity contribution in [3.63, 3.8) is 0 Å². The molecule has 2 unspecified atom stereocenters. The minimum Gasteiger partial charge on any atom is -0.465 e. The molecular formula is C23H26N2O8S. The number of para-hydroxylation sites is 1. The summed E-state index contributed by atoms with van der Waals surface area (Å²) in [6.45, 7) is 3.36. The summed E-state index contributed by atoms with van der Waals surface area (Å²) in [4.78, 5) is 36.5. The fraction of sp³-hybridized carbons (Fsp3) is 0.348. The second-order valence-electron chi connectivity index (χ2n) is 7.77. The molecule has 182 valence electrons. The van der Waals surface area contributed by atoms with Gasteiger partial charge < -0.3 is 19.5 Å². The number of nitrogens with zero attached hydrogens (tertiary/aromatic N) is 1. The first-order valence-corrected chi connectivity index (χ1v) is 12.0. The molecule has 0 aromatic heterocycles. The molecular weight excluding hydrogens is 464 g/mol. The number of hydrogen-bond donors (Lipinski definition) is 1.